The van der Waals surface area contributed by atoms with Gasteiger partial charge in [-0.25, -0.2) is 4.57 Å². The first-order valence-electron chi connectivity index (χ1n) is 26.5. The van der Waals surface area contributed by atoms with Crippen LogP contribution in [0.4, 0.5) is 0 Å². The Balaban J connectivity index is 2.34. The van der Waals surface area contributed by atoms with Crippen LogP contribution >= 0.6 is 7.82 Å². The molecule has 8 atom stereocenters. The maximum Gasteiger partial charge on any atom is 0.472 e. The number of rotatable bonds is 45. The second-order valence-corrected chi connectivity index (χ2v) is 20.1. The largest absolute Gasteiger partial charge is 0.472 e. The van der Waals surface area contributed by atoms with E-state index in [1.165, 1.54) is 148 Å². The number of aliphatic hydroxyl groups is 5. The van der Waals surface area contributed by atoms with Crippen molar-refractivity contribution >= 4 is 19.8 Å². The molecule has 0 aromatic rings. The van der Waals surface area contributed by atoms with Gasteiger partial charge in [0, 0.05) is 12.8 Å². The van der Waals surface area contributed by atoms with Crippen molar-refractivity contribution in [3.63, 3.8) is 0 Å². The van der Waals surface area contributed by atoms with Gasteiger partial charge in [0.05, 0.1) is 6.61 Å². The quantitative estimate of drug-likeness (QED) is 0.0145. The van der Waals surface area contributed by atoms with E-state index in [9.17, 15) is 44.6 Å². The second-order valence-electron chi connectivity index (χ2n) is 18.7. The fourth-order valence-electron chi connectivity index (χ4n) is 8.34. The minimum atomic E-state index is -5.12. The third-order valence-corrected chi connectivity index (χ3v) is 13.6. The molecule has 0 bridgehead atoms. The van der Waals surface area contributed by atoms with Gasteiger partial charge < -0.3 is 39.9 Å². The first-order valence-corrected chi connectivity index (χ1v) is 28.0. The predicted octanol–water partition coefficient (Wildman–Crippen LogP) is 11.4. The maximum absolute atomic E-state index is 12.8. The molecular formula is C51H97O13P. The van der Waals surface area contributed by atoms with Gasteiger partial charge in [-0.1, -0.05) is 206 Å². The summed E-state index contributed by atoms with van der Waals surface area (Å²) in [7, 11) is -5.12. The number of hydrogen-bond donors (Lipinski definition) is 6. The monoisotopic (exact) mass is 949 g/mol. The van der Waals surface area contributed by atoms with E-state index in [1.54, 1.807) is 0 Å². The highest BCUT2D eigenvalue weighted by Crippen LogP contribution is 2.47. The van der Waals surface area contributed by atoms with Crippen LogP contribution in [0, 0.1) is 0 Å². The third kappa shape index (κ3) is 33.7. The summed E-state index contributed by atoms with van der Waals surface area (Å²) in [5.41, 5.74) is 0. The van der Waals surface area contributed by atoms with E-state index in [-0.39, 0.29) is 12.8 Å². The van der Waals surface area contributed by atoms with Gasteiger partial charge in [0.25, 0.3) is 0 Å². The molecule has 0 radical (unpaired) electrons. The predicted molar refractivity (Wildman–Crippen MR) is 258 cm³/mol. The fourth-order valence-corrected chi connectivity index (χ4v) is 9.32. The molecule has 6 N–H and O–H groups in total. The molecule has 13 nitrogen and oxygen atoms in total. The van der Waals surface area contributed by atoms with Crippen molar-refractivity contribution in [1.82, 2.24) is 0 Å². The molecule has 1 saturated carbocycles. The fraction of sp³-hybridized carbons (Fsp3) is 0.922. The Kier molecular flexibility index (Phi) is 39.4. The SMILES string of the molecule is CCCCCCC/C=C/CCCCCCCC(=O)O[C@@H](COC(=O)CCCCCCCCCCCCCCCCCCCCCCCC)COP(=O)(O)OC1C(O)C(O)C(O)[C@H](O)C1O. The Labute approximate surface area is 394 Å². The number of carbonyl (C=O) groups is 2. The van der Waals surface area contributed by atoms with E-state index < -0.39 is 75.7 Å². The van der Waals surface area contributed by atoms with E-state index in [1.807, 2.05) is 0 Å². The Bertz CT molecular complexity index is 1190. The van der Waals surface area contributed by atoms with Crippen molar-refractivity contribution in [3.8, 4) is 0 Å². The molecule has 65 heavy (non-hydrogen) atoms. The van der Waals surface area contributed by atoms with Gasteiger partial charge in [-0.15, -0.1) is 0 Å². The van der Waals surface area contributed by atoms with Gasteiger partial charge in [0.15, 0.2) is 6.10 Å². The van der Waals surface area contributed by atoms with Crippen LogP contribution in [-0.2, 0) is 32.7 Å². The molecule has 1 aliphatic rings. The third-order valence-electron chi connectivity index (χ3n) is 12.6. The summed E-state index contributed by atoms with van der Waals surface area (Å²) in [6.07, 6.45) is 32.7. The lowest BCUT2D eigenvalue weighted by Gasteiger charge is -2.41. The molecule has 0 aromatic heterocycles. The molecule has 0 aliphatic heterocycles. The molecule has 1 aliphatic carbocycles. The van der Waals surface area contributed by atoms with Crippen LogP contribution < -0.4 is 0 Å². The van der Waals surface area contributed by atoms with Crippen molar-refractivity contribution in [3.05, 3.63) is 12.2 Å². The lowest BCUT2D eigenvalue weighted by atomic mass is 9.85. The first kappa shape index (κ1) is 61.6. The van der Waals surface area contributed by atoms with Crippen LogP contribution in [-0.4, -0.2) is 98.3 Å². The van der Waals surface area contributed by atoms with Crippen LogP contribution in [0.5, 0.6) is 0 Å². The van der Waals surface area contributed by atoms with E-state index in [0.29, 0.717) is 12.8 Å². The molecular weight excluding hydrogens is 852 g/mol. The van der Waals surface area contributed by atoms with Gasteiger partial charge in [-0.05, 0) is 38.5 Å². The molecule has 0 aromatic carbocycles. The minimum Gasteiger partial charge on any atom is -0.462 e. The van der Waals surface area contributed by atoms with Crippen LogP contribution in [0.1, 0.15) is 245 Å². The smallest absolute Gasteiger partial charge is 0.462 e. The highest BCUT2D eigenvalue weighted by molar-refractivity contribution is 7.47. The van der Waals surface area contributed by atoms with Crippen molar-refractivity contribution in [2.24, 2.45) is 0 Å². The lowest BCUT2D eigenvalue weighted by Crippen LogP contribution is -2.64. The summed E-state index contributed by atoms with van der Waals surface area (Å²) in [6, 6.07) is 0. The highest BCUT2D eigenvalue weighted by atomic mass is 31.2. The Hall–Kier alpha value is -1.41. The maximum atomic E-state index is 12.8. The molecule has 6 unspecified atom stereocenters. The van der Waals surface area contributed by atoms with E-state index in [0.717, 1.165) is 57.8 Å². The number of hydrogen-bond acceptors (Lipinski definition) is 12. The molecule has 384 valence electrons. The number of unbranched alkanes of at least 4 members (excludes halogenated alkanes) is 31. The Morgan fingerprint density at radius 1 is 0.462 bits per heavy atom. The molecule has 0 saturated heterocycles. The summed E-state index contributed by atoms with van der Waals surface area (Å²) < 4.78 is 33.6. The molecule has 1 fully saturated rings. The number of aliphatic hydroxyl groups excluding tert-OH is 5. The summed E-state index contributed by atoms with van der Waals surface area (Å²) in [5, 5.41) is 50.2. The highest BCUT2D eigenvalue weighted by Gasteiger charge is 2.51. The van der Waals surface area contributed by atoms with Crippen LogP contribution in [0.2, 0.25) is 0 Å². The topological polar surface area (TPSA) is 210 Å². The zero-order valence-corrected chi connectivity index (χ0v) is 41.9. The number of phosphoric acid groups is 1. The summed E-state index contributed by atoms with van der Waals surface area (Å²) in [6.45, 7) is 3.32. The number of phosphoric ester groups is 1. The van der Waals surface area contributed by atoms with Crippen LogP contribution in [0.3, 0.4) is 0 Å². The lowest BCUT2D eigenvalue weighted by molar-refractivity contribution is -0.220. The first-order chi connectivity index (χ1) is 31.4. The standard InChI is InChI=1S/C51H97O13P/c1-3-5-7-9-11-13-15-17-19-20-21-22-23-24-25-26-28-29-31-33-35-37-39-44(52)61-41-43(42-62-65(59,60)64-51-49(57)47(55)46(54)48(56)50(51)58)63-45(53)40-38-36-34-32-30-27-18-16-14-12-10-8-6-4-2/h16,18,43,46-51,54-58H,3-15,17,19-42H2,1-2H3,(H,59,60)/b18-16+/t43-,46?,47-,48?,49?,50?,51?/m0/s1. The average Bonchev–Trinajstić information content (AvgIpc) is 3.29. The normalized spacial score (nSPS) is 21.4. The average molecular weight is 949 g/mol. The molecule has 0 amide bonds. The number of allylic oxidation sites excluding steroid dienone is 2. The Morgan fingerprint density at radius 2 is 0.785 bits per heavy atom. The van der Waals surface area contributed by atoms with Crippen LogP contribution in [0.25, 0.3) is 0 Å². The summed E-state index contributed by atoms with van der Waals surface area (Å²) in [5.74, 6) is -1.09. The summed E-state index contributed by atoms with van der Waals surface area (Å²) >= 11 is 0. The van der Waals surface area contributed by atoms with Crippen molar-refractivity contribution in [2.75, 3.05) is 13.2 Å². The van der Waals surface area contributed by atoms with E-state index in [4.69, 9.17) is 18.5 Å². The molecule has 14 heteroatoms. The Morgan fingerprint density at radius 3 is 1.17 bits per heavy atom. The van der Waals surface area contributed by atoms with Gasteiger partial charge in [-0.3, -0.25) is 18.6 Å². The van der Waals surface area contributed by atoms with E-state index in [2.05, 4.69) is 26.0 Å². The van der Waals surface area contributed by atoms with Gasteiger partial charge in [-0.2, -0.15) is 0 Å². The van der Waals surface area contributed by atoms with Gasteiger partial charge >= 0.3 is 19.8 Å². The van der Waals surface area contributed by atoms with Crippen molar-refractivity contribution in [1.29, 1.82) is 0 Å². The van der Waals surface area contributed by atoms with Gasteiger partial charge in [0.2, 0.25) is 0 Å². The number of ether oxygens (including phenoxy) is 2. The molecule has 0 spiro atoms. The number of carbonyl (C=O) groups excluding carboxylic acids is 2. The van der Waals surface area contributed by atoms with Crippen molar-refractivity contribution < 1.29 is 63.1 Å². The summed E-state index contributed by atoms with van der Waals surface area (Å²) in [4.78, 5) is 35.8. The zero-order valence-electron chi connectivity index (χ0n) is 41.1. The van der Waals surface area contributed by atoms with Gasteiger partial charge in [0.1, 0.15) is 43.2 Å². The molecule has 0 heterocycles. The van der Waals surface area contributed by atoms with Crippen LogP contribution in [0.15, 0.2) is 12.2 Å². The number of esters is 2. The minimum absolute atomic E-state index is 0.0910. The second kappa shape index (κ2) is 41.6. The zero-order chi connectivity index (χ0) is 47.8. The van der Waals surface area contributed by atoms with E-state index >= 15 is 0 Å². The molecule has 1 rings (SSSR count). The van der Waals surface area contributed by atoms with Crippen molar-refractivity contribution in [2.45, 2.75) is 288 Å².